The zero-order valence-electron chi connectivity index (χ0n) is 10.6. The number of nitro benzene ring substituents is 1. The molecule has 2 rings (SSSR count). The molecular formula is C14H11ClN2O3. The zero-order valence-corrected chi connectivity index (χ0v) is 11.4. The first-order chi connectivity index (χ1) is 9.61. The van der Waals surface area contributed by atoms with Crippen molar-refractivity contribution in [3.05, 3.63) is 63.2 Å². The molecule has 0 heterocycles. The molecule has 5 nitrogen and oxygen atoms in total. The van der Waals surface area contributed by atoms with Gasteiger partial charge in [-0.2, -0.15) is 0 Å². The number of ether oxygens (including phenoxy) is 1. The Morgan fingerprint density at radius 2 is 2.05 bits per heavy atom. The first-order valence-corrected chi connectivity index (χ1v) is 6.10. The maximum absolute atomic E-state index is 10.8. The fourth-order valence-corrected chi connectivity index (χ4v) is 1.80. The Morgan fingerprint density at radius 1 is 1.30 bits per heavy atom. The lowest BCUT2D eigenvalue weighted by Gasteiger charge is -2.04. The maximum atomic E-state index is 10.8. The van der Waals surface area contributed by atoms with Crippen LogP contribution in [0, 0.1) is 10.1 Å². The Labute approximate surface area is 120 Å². The number of nitro groups is 1. The number of benzene rings is 2. The molecule has 6 heteroatoms. The molecule has 0 aliphatic carbocycles. The first kappa shape index (κ1) is 14.0. The number of aliphatic imine (C=N–C) groups is 1. The van der Waals surface area contributed by atoms with Crippen LogP contribution in [0.25, 0.3) is 0 Å². The fourth-order valence-electron chi connectivity index (χ4n) is 1.61. The van der Waals surface area contributed by atoms with Crippen molar-refractivity contribution in [2.75, 3.05) is 7.11 Å². The Hall–Kier alpha value is -2.40. The molecule has 0 unspecified atom stereocenters. The molecule has 0 aromatic heterocycles. The van der Waals surface area contributed by atoms with Crippen molar-refractivity contribution in [2.24, 2.45) is 4.99 Å². The second-order valence-corrected chi connectivity index (χ2v) is 4.30. The summed E-state index contributed by atoms with van der Waals surface area (Å²) in [7, 11) is 1.48. The Morgan fingerprint density at radius 3 is 2.70 bits per heavy atom. The number of non-ortho nitro benzene ring substituents is 1. The van der Waals surface area contributed by atoms with Gasteiger partial charge in [0.1, 0.15) is 11.4 Å². The summed E-state index contributed by atoms with van der Waals surface area (Å²) in [6.45, 7) is 0. The van der Waals surface area contributed by atoms with Gasteiger partial charge in [-0.1, -0.05) is 29.8 Å². The smallest absolute Gasteiger partial charge is 0.271 e. The Balaban J connectivity index is 2.39. The molecule has 0 saturated carbocycles. The van der Waals surface area contributed by atoms with Crippen LogP contribution in [0.15, 0.2) is 47.5 Å². The highest BCUT2D eigenvalue weighted by molar-refractivity contribution is 6.33. The third-order valence-electron chi connectivity index (χ3n) is 2.62. The van der Waals surface area contributed by atoms with E-state index in [4.69, 9.17) is 16.3 Å². The normalized spacial score (nSPS) is 10.7. The fraction of sp³-hybridized carbons (Fsp3) is 0.0714. The standard InChI is InChI=1S/C14H11ClN2O3/c1-20-14-7-6-11(17(18)19)8-13(14)16-9-10-4-2-3-5-12(10)15/h2-9H,1H3. The molecule has 0 saturated heterocycles. The SMILES string of the molecule is COc1ccc([N+](=O)[O-])cc1N=Cc1ccccc1Cl. The molecule has 0 atom stereocenters. The van der Waals surface area contributed by atoms with Crippen molar-refractivity contribution in [2.45, 2.75) is 0 Å². The first-order valence-electron chi connectivity index (χ1n) is 5.73. The minimum absolute atomic E-state index is 0.0443. The van der Waals surface area contributed by atoms with E-state index in [9.17, 15) is 10.1 Å². The van der Waals surface area contributed by atoms with Gasteiger partial charge in [-0.25, -0.2) is 0 Å². The van der Waals surface area contributed by atoms with Crippen molar-refractivity contribution < 1.29 is 9.66 Å². The topological polar surface area (TPSA) is 64.7 Å². The van der Waals surface area contributed by atoms with Gasteiger partial charge in [0.2, 0.25) is 0 Å². The summed E-state index contributed by atoms with van der Waals surface area (Å²) in [4.78, 5) is 14.5. The highest BCUT2D eigenvalue weighted by Gasteiger charge is 2.10. The van der Waals surface area contributed by atoms with E-state index in [0.29, 0.717) is 16.5 Å². The van der Waals surface area contributed by atoms with Gasteiger partial charge < -0.3 is 4.74 Å². The van der Waals surface area contributed by atoms with Crippen molar-refractivity contribution >= 4 is 29.2 Å². The summed E-state index contributed by atoms with van der Waals surface area (Å²) in [5.74, 6) is 0.457. The van der Waals surface area contributed by atoms with Crippen LogP contribution in [0.3, 0.4) is 0 Å². The number of rotatable bonds is 4. The van der Waals surface area contributed by atoms with Gasteiger partial charge in [-0.05, 0) is 12.1 Å². The summed E-state index contributed by atoms with van der Waals surface area (Å²) in [6.07, 6.45) is 1.55. The van der Waals surface area contributed by atoms with Gasteiger partial charge in [0.15, 0.2) is 0 Å². The van der Waals surface area contributed by atoms with Gasteiger partial charge in [-0.3, -0.25) is 15.1 Å². The van der Waals surface area contributed by atoms with Gasteiger partial charge in [0, 0.05) is 28.9 Å². The number of hydrogen-bond donors (Lipinski definition) is 0. The average molecular weight is 291 g/mol. The molecule has 102 valence electrons. The molecule has 0 aliphatic rings. The van der Waals surface area contributed by atoms with Crippen LogP contribution in [0.4, 0.5) is 11.4 Å². The Kier molecular flexibility index (Phi) is 4.32. The van der Waals surface area contributed by atoms with Crippen LogP contribution in [0.5, 0.6) is 5.75 Å². The number of halogens is 1. The van der Waals surface area contributed by atoms with Crippen LogP contribution >= 0.6 is 11.6 Å². The van der Waals surface area contributed by atoms with E-state index in [1.54, 1.807) is 18.3 Å². The molecule has 0 radical (unpaired) electrons. The molecule has 20 heavy (non-hydrogen) atoms. The van der Waals surface area contributed by atoms with Gasteiger partial charge in [0.05, 0.1) is 12.0 Å². The third-order valence-corrected chi connectivity index (χ3v) is 2.97. The molecule has 0 N–H and O–H groups in total. The second-order valence-electron chi connectivity index (χ2n) is 3.89. The lowest BCUT2D eigenvalue weighted by molar-refractivity contribution is -0.384. The number of methoxy groups -OCH3 is 1. The lowest BCUT2D eigenvalue weighted by Crippen LogP contribution is -1.90. The van der Waals surface area contributed by atoms with Crippen molar-refractivity contribution in [3.8, 4) is 5.75 Å². The van der Waals surface area contributed by atoms with Crippen LogP contribution < -0.4 is 4.74 Å². The highest BCUT2D eigenvalue weighted by atomic mass is 35.5. The highest BCUT2D eigenvalue weighted by Crippen LogP contribution is 2.31. The molecule has 0 bridgehead atoms. The van der Waals surface area contributed by atoms with E-state index < -0.39 is 4.92 Å². The lowest BCUT2D eigenvalue weighted by atomic mass is 10.2. The largest absolute Gasteiger partial charge is 0.494 e. The van der Waals surface area contributed by atoms with E-state index in [1.165, 1.54) is 25.3 Å². The van der Waals surface area contributed by atoms with Crippen LogP contribution in [-0.2, 0) is 0 Å². The number of nitrogens with zero attached hydrogens (tertiary/aromatic N) is 2. The molecular weight excluding hydrogens is 280 g/mol. The second kappa shape index (κ2) is 6.16. The van der Waals surface area contributed by atoms with E-state index in [1.807, 2.05) is 12.1 Å². The molecule has 2 aromatic carbocycles. The summed E-state index contributed by atoms with van der Waals surface area (Å²) < 4.78 is 5.13. The summed E-state index contributed by atoms with van der Waals surface area (Å²) >= 11 is 6.02. The summed E-state index contributed by atoms with van der Waals surface area (Å²) in [6, 6.07) is 11.4. The van der Waals surface area contributed by atoms with Gasteiger partial charge >= 0.3 is 0 Å². The van der Waals surface area contributed by atoms with E-state index in [2.05, 4.69) is 4.99 Å². The van der Waals surface area contributed by atoms with E-state index >= 15 is 0 Å². The maximum Gasteiger partial charge on any atom is 0.271 e. The van der Waals surface area contributed by atoms with Crippen molar-refractivity contribution in [1.82, 2.24) is 0 Å². The van der Waals surface area contributed by atoms with Crippen molar-refractivity contribution in [1.29, 1.82) is 0 Å². The number of hydrogen-bond acceptors (Lipinski definition) is 4. The third kappa shape index (κ3) is 3.13. The van der Waals surface area contributed by atoms with Crippen LogP contribution in [-0.4, -0.2) is 18.2 Å². The van der Waals surface area contributed by atoms with Gasteiger partial charge in [-0.15, -0.1) is 0 Å². The van der Waals surface area contributed by atoms with Crippen LogP contribution in [0.1, 0.15) is 5.56 Å². The molecule has 2 aromatic rings. The molecule has 0 fully saturated rings. The quantitative estimate of drug-likeness (QED) is 0.485. The monoisotopic (exact) mass is 290 g/mol. The molecule has 0 amide bonds. The minimum Gasteiger partial charge on any atom is -0.494 e. The van der Waals surface area contributed by atoms with E-state index in [0.717, 1.165) is 5.56 Å². The minimum atomic E-state index is -0.478. The van der Waals surface area contributed by atoms with Crippen molar-refractivity contribution in [3.63, 3.8) is 0 Å². The summed E-state index contributed by atoms with van der Waals surface area (Å²) in [5.41, 5.74) is 1.06. The molecule has 0 spiro atoms. The Bertz CT molecular complexity index is 671. The van der Waals surface area contributed by atoms with E-state index in [-0.39, 0.29) is 5.69 Å². The predicted molar refractivity (Wildman–Crippen MR) is 78.4 cm³/mol. The average Bonchev–Trinajstić information content (AvgIpc) is 2.46. The van der Waals surface area contributed by atoms with Crippen LogP contribution in [0.2, 0.25) is 5.02 Å². The predicted octanol–water partition coefficient (Wildman–Crippen LogP) is 4.01. The molecule has 0 aliphatic heterocycles. The zero-order chi connectivity index (χ0) is 14.5. The van der Waals surface area contributed by atoms with Gasteiger partial charge in [0.25, 0.3) is 5.69 Å². The summed E-state index contributed by atoms with van der Waals surface area (Å²) in [5, 5.41) is 11.3.